The second-order valence-electron chi connectivity index (χ2n) is 7.35. The Hall–Kier alpha value is 0.310. The van der Waals surface area contributed by atoms with Crippen molar-refractivity contribution >= 4 is 8.81 Å². The van der Waals surface area contributed by atoms with E-state index >= 15 is 0 Å². The Kier molecular flexibility index (Phi) is 13.0. The van der Waals surface area contributed by atoms with Gasteiger partial charge in [0, 0.05) is 27.6 Å². The van der Waals surface area contributed by atoms with Gasteiger partial charge in [-0.05, 0) is 17.8 Å². The lowest BCUT2D eigenvalue weighted by atomic mass is 9.87. The smallest absolute Gasteiger partial charge is 0.0630 e. The average molecular weight is 319 g/mol. The van der Waals surface area contributed by atoms with Crippen LogP contribution in [0, 0.1) is 11.3 Å². The SMILES string of the molecule is CC(C)CCCC(C)(C)COCCPOCCNC(C)C. The molecule has 1 unspecified atom stereocenters. The summed E-state index contributed by atoms with van der Waals surface area (Å²) in [4.78, 5) is 0. The summed E-state index contributed by atoms with van der Waals surface area (Å²) in [5, 5.41) is 3.34. The predicted octanol–water partition coefficient (Wildman–Crippen LogP) is 4.46. The number of hydrogen-bond acceptors (Lipinski definition) is 3. The molecule has 4 heteroatoms. The first-order valence-corrected chi connectivity index (χ1v) is 9.61. The van der Waals surface area contributed by atoms with Crippen LogP contribution in [-0.2, 0) is 9.26 Å². The summed E-state index contributed by atoms with van der Waals surface area (Å²) in [5.41, 5.74) is 0.306. The van der Waals surface area contributed by atoms with Gasteiger partial charge in [0.1, 0.15) is 0 Å². The molecular weight excluding hydrogens is 281 g/mol. The molecule has 0 spiro atoms. The van der Waals surface area contributed by atoms with Crippen molar-refractivity contribution in [2.75, 3.05) is 32.5 Å². The normalized spacial score (nSPS) is 13.1. The maximum absolute atomic E-state index is 5.81. The van der Waals surface area contributed by atoms with Crippen LogP contribution < -0.4 is 5.32 Å². The standard InChI is InChI=1S/C17H38NO2P/c1-15(2)8-7-9-17(5,6)14-19-12-13-21-20-11-10-18-16(3)4/h15-16,18,21H,7-14H2,1-6H3. The highest BCUT2D eigenvalue weighted by Crippen LogP contribution is 2.25. The van der Waals surface area contributed by atoms with E-state index in [9.17, 15) is 0 Å². The highest BCUT2D eigenvalue weighted by atomic mass is 31.1. The summed E-state index contributed by atoms with van der Waals surface area (Å²) in [6.45, 7) is 16.9. The molecular formula is C17H38NO2P. The van der Waals surface area contributed by atoms with Crippen molar-refractivity contribution in [3.63, 3.8) is 0 Å². The summed E-state index contributed by atoms with van der Waals surface area (Å²) in [7, 11) is 0.561. The van der Waals surface area contributed by atoms with E-state index < -0.39 is 0 Å². The molecule has 0 fully saturated rings. The van der Waals surface area contributed by atoms with E-state index in [1.54, 1.807) is 0 Å². The van der Waals surface area contributed by atoms with Crippen LogP contribution in [0.15, 0.2) is 0 Å². The first-order chi connectivity index (χ1) is 9.83. The fourth-order valence-corrected chi connectivity index (χ4v) is 2.68. The van der Waals surface area contributed by atoms with E-state index in [4.69, 9.17) is 9.26 Å². The van der Waals surface area contributed by atoms with Gasteiger partial charge in [-0.25, -0.2) is 0 Å². The molecule has 0 amide bonds. The number of nitrogens with one attached hydrogen (secondary N) is 1. The molecule has 0 heterocycles. The quantitative estimate of drug-likeness (QED) is 0.379. The molecule has 0 aromatic rings. The second kappa shape index (κ2) is 12.8. The number of hydrogen-bond donors (Lipinski definition) is 1. The zero-order valence-corrected chi connectivity index (χ0v) is 16.1. The zero-order valence-electron chi connectivity index (χ0n) is 15.1. The Balaban J connectivity index is 3.36. The van der Waals surface area contributed by atoms with Gasteiger partial charge in [0.2, 0.25) is 0 Å². The maximum Gasteiger partial charge on any atom is 0.0630 e. The molecule has 1 N–H and O–H groups in total. The Bertz CT molecular complexity index is 233. The van der Waals surface area contributed by atoms with Gasteiger partial charge in [-0.1, -0.05) is 54.4 Å². The van der Waals surface area contributed by atoms with Crippen molar-refractivity contribution in [2.24, 2.45) is 11.3 Å². The van der Waals surface area contributed by atoms with Crippen molar-refractivity contribution in [1.82, 2.24) is 5.32 Å². The Labute approximate surface area is 134 Å². The predicted molar refractivity (Wildman–Crippen MR) is 95.6 cm³/mol. The highest BCUT2D eigenvalue weighted by molar-refractivity contribution is 7.32. The minimum Gasteiger partial charge on any atom is -0.380 e. The first-order valence-electron chi connectivity index (χ1n) is 8.49. The third-order valence-corrected chi connectivity index (χ3v) is 4.15. The van der Waals surface area contributed by atoms with E-state index in [0.29, 0.717) is 20.3 Å². The van der Waals surface area contributed by atoms with Crippen molar-refractivity contribution in [1.29, 1.82) is 0 Å². The summed E-state index contributed by atoms with van der Waals surface area (Å²) in [6, 6.07) is 0.540. The average Bonchev–Trinajstić information content (AvgIpc) is 2.35. The van der Waals surface area contributed by atoms with Gasteiger partial charge in [-0.15, -0.1) is 0 Å². The van der Waals surface area contributed by atoms with Crippen LogP contribution >= 0.6 is 8.81 Å². The van der Waals surface area contributed by atoms with Gasteiger partial charge in [-0.3, -0.25) is 0 Å². The van der Waals surface area contributed by atoms with Crippen LogP contribution in [0.4, 0.5) is 0 Å². The third-order valence-electron chi connectivity index (χ3n) is 3.34. The van der Waals surface area contributed by atoms with Gasteiger partial charge >= 0.3 is 0 Å². The molecule has 0 saturated heterocycles. The van der Waals surface area contributed by atoms with Crippen LogP contribution in [0.1, 0.15) is 60.8 Å². The lowest BCUT2D eigenvalue weighted by Gasteiger charge is -2.24. The zero-order chi connectivity index (χ0) is 16.1. The molecule has 1 atom stereocenters. The molecule has 0 radical (unpaired) electrons. The molecule has 0 saturated carbocycles. The number of ether oxygens (including phenoxy) is 1. The lowest BCUT2D eigenvalue weighted by Crippen LogP contribution is -2.26. The topological polar surface area (TPSA) is 30.5 Å². The van der Waals surface area contributed by atoms with Gasteiger partial charge < -0.3 is 14.6 Å². The van der Waals surface area contributed by atoms with Crippen molar-refractivity contribution in [3.8, 4) is 0 Å². The molecule has 0 aromatic carbocycles. The fourth-order valence-electron chi connectivity index (χ4n) is 2.07. The van der Waals surface area contributed by atoms with Crippen LogP contribution in [0.5, 0.6) is 0 Å². The van der Waals surface area contributed by atoms with Gasteiger partial charge in [0.25, 0.3) is 0 Å². The molecule has 128 valence electrons. The monoisotopic (exact) mass is 319 g/mol. The van der Waals surface area contributed by atoms with Crippen molar-refractivity contribution in [3.05, 3.63) is 0 Å². The molecule has 0 rings (SSSR count). The Morgan fingerprint density at radius 1 is 1.10 bits per heavy atom. The van der Waals surface area contributed by atoms with Crippen molar-refractivity contribution < 1.29 is 9.26 Å². The van der Waals surface area contributed by atoms with Gasteiger partial charge in [0.05, 0.1) is 19.8 Å². The summed E-state index contributed by atoms with van der Waals surface area (Å²) < 4.78 is 11.4. The Morgan fingerprint density at radius 2 is 1.81 bits per heavy atom. The van der Waals surface area contributed by atoms with Gasteiger partial charge in [-0.2, -0.15) is 0 Å². The maximum atomic E-state index is 5.81. The van der Waals surface area contributed by atoms with Gasteiger partial charge in [0.15, 0.2) is 0 Å². The van der Waals surface area contributed by atoms with E-state index in [0.717, 1.165) is 38.4 Å². The molecule has 3 nitrogen and oxygen atoms in total. The molecule has 0 aromatic heterocycles. The van der Waals surface area contributed by atoms with Crippen LogP contribution in [0.3, 0.4) is 0 Å². The largest absolute Gasteiger partial charge is 0.380 e. The van der Waals surface area contributed by atoms with Crippen molar-refractivity contribution in [2.45, 2.75) is 66.8 Å². The van der Waals surface area contributed by atoms with E-state index in [-0.39, 0.29) is 0 Å². The highest BCUT2D eigenvalue weighted by Gasteiger charge is 2.17. The first kappa shape index (κ1) is 21.3. The molecule has 0 aliphatic heterocycles. The van der Waals surface area contributed by atoms with Crippen LogP contribution in [0.25, 0.3) is 0 Å². The minimum atomic E-state index is 0.306. The second-order valence-corrected chi connectivity index (χ2v) is 8.43. The van der Waals surface area contributed by atoms with E-state index in [1.807, 2.05) is 0 Å². The van der Waals surface area contributed by atoms with E-state index in [1.165, 1.54) is 19.3 Å². The summed E-state index contributed by atoms with van der Waals surface area (Å²) in [5.74, 6) is 0.810. The molecule has 0 aliphatic carbocycles. The fraction of sp³-hybridized carbons (Fsp3) is 1.00. The van der Waals surface area contributed by atoms with Crippen LogP contribution in [0.2, 0.25) is 0 Å². The van der Waals surface area contributed by atoms with Crippen LogP contribution in [-0.4, -0.2) is 38.6 Å². The molecule has 21 heavy (non-hydrogen) atoms. The third kappa shape index (κ3) is 16.5. The summed E-state index contributed by atoms with van der Waals surface area (Å²) in [6.07, 6.45) is 4.90. The summed E-state index contributed by atoms with van der Waals surface area (Å²) >= 11 is 0. The van der Waals surface area contributed by atoms with E-state index in [2.05, 4.69) is 46.9 Å². The Morgan fingerprint density at radius 3 is 2.43 bits per heavy atom. The molecule has 0 aliphatic rings. The minimum absolute atomic E-state index is 0.306. The molecule has 0 bridgehead atoms. The number of rotatable bonds is 14. The lowest BCUT2D eigenvalue weighted by molar-refractivity contribution is 0.0649.